The molecular formula is C25H28ClNO3S. The van der Waals surface area contributed by atoms with Gasteiger partial charge in [0.2, 0.25) is 0 Å². The molecule has 1 saturated heterocycles. The molecule has 2 amide bonds. The zero-order chi connectivity index (χ0) is 23.1. The third-order valence-corrected chi connectivity index (χ3v) is 6.33. The van der Waals surface area contributed by atoms with Crippen LogP contribution in [-0.4, -0.2) is 21.2 Å². The van der Waals surface area contributed by atoms with Gasteiger partial charge in [0.15, 0.2) is 0 Å². The van der Waals surface area contributed by atoms with Gasteiger partial charge in [0.25, 0.3) is 11.1 Å². The summed E-state index contributed by atoms with van der Waals surface area (Å²) in [5, 5.41) is 11.2. The van der Waals surface area contributed by atoms with Crippen LogP contribution >= 0.6 is 23.4 Å². The quantitative estimate of drug-likeness (QED) is 0.510. The number of carbonyl (C=O) groups is 2. The van der Waals surface area contributed by atoms with Gasteiger partial charge in [-0.3, -0.25) is 14.5 Å². The third-order valence-electron chi connectivity index (χ3n) is 5.17. The highest BCUT2D eigenvalue weighted by Crippen LogP contribution is 2.41. The van der Waals surface area contributed by atoms with Crippen molar-refractivity contribution in [2.75, 3.05) is 0 Å². The number of rotatable bonds is 3. The van der Waals surface area contributed by atoms with Crippen LogP contribution in [0.2, 0.25) is 5.02 Å². The summed E-state index contributed by atoms with van der Waals surface area (Å²) in [5.74, 6) is -0.0272. The first kappa shape index (κ1) is 23.4. The fourth-order valence-electron chi connectivity index (χ4n) is 3.44. The molecule has 0 aromatic heterocycles. The largest absolute Gasteiger partial charge is 0.507 e. The van der Waals surface area contributed by atoms with E-state index in [1.54, 1.807) is 30.3 Å². The first-order chi connectivity index (χ1) is 14.3. The van der Waals surface area contributed by atoms with Gasteiger partial charge < -0.3 is 5.11 Å². The highest BCUT2D eigenvalue weighted by Gasteiger charge is 2.35. The molecular weight excluding hydrogens is 430 g/mol. The molecule has 0 spiro atoms. The Bertz CT molecular complexity index is 1020. The molecule has 1 heterocycles. The molecule has 31 heavy (non-hydrogen) atoms. The van der Waals surface area contributed by atoms with Crippen molar-refractivity contribution >= 4 is 40.6 Å². The van der Waals surface area contributed by atoms with Gasteiger partial charge in [-0.15, -0.1) is 0 Å². The second-order valence-electron chi connectivity index (χ2n) is 9.86. The van der Waals surface area contributed by atoms with Crippen molar-refractivity contribution in [3.8, 4) is 5.75 Å². The van der Waals surface area contributed by atoms with Crippen molar-refractivity contribution in [1.82, 2.24) is 4.90 Å². The van der Waals surface area contributed by atoms with Gasteiger partial charge in [-0.2, -0.15) is 0 Å². The lowest BCUT2D eigenvalue weighted by molar-refractivity contribution is -0.123. The average molecular weight is 458 g/mol. The van der Waals surface area contributed by atoms with Crippen molar-refractivity contribution in [3.63, 3.8) is 0 Å². The molecule has 3 rings (SSSR count). The van der Waals surface area contributed by atoms with E-state index in [0.717, 1.165) is 34.0 Å². The normalized spacial score (nSPS) is 16.5. The molecule has 0 bridgehead atoms. The second-order valence-corrected chi connectivity index (χ2v) is 11.3. The average Bonchev–Trinajstić information content (AvgIpc) is 2.90. The van der Waals surface area contributed by atoms with Gasteiger partial charge in [-0.1, -0.05) is 65.3 Å². The molecule has 0 unspecified atom stereocenters. The Morgan fingerprint density at radius 2 is 1.48 bits per heavy atom. The molecule has 1 fully saturated rings. The number of amides is 2. The van der Waals surface area contributed by atoms with E-state index >= 15 is 0 Å². The number of aromatic hydroxyl groups is 1. The van der Waals surface area contributed by atoms with E-state index in [2.05, 4.69) is 0 Å². The minimum absolute atomic E-state index is 0.204. The van der Waals surface area contributed by atoms with Crippen molar-refractivity contribution in [2.45, 2.75) is 58.9 Å². The van der Waals surface area contributed by atoms with Crippen LogP contribution in [0.4, 0.5) is 4.79 Å². The lowest BCUT2D eigenvalue weighted by Gasteiger charge is -2.28. The number of phenolic OH excluding ortho intramolecular Hbond substituents is 1. The number of hydrogen-bond donors (Lipinski definition) is 1. The predicted molar refractivity (Wildman–Crippen MR) is 128 cm³/mol. The maximum absolute atomic E-state index is 13.0. The molecule has 6 heteroatoms. The zero-order valence-corrected chi connectivity index (χ0v) is 20.3. The van der Waals surface area contributed by atoms with Crippen molar-refractivity contribution in [1.29, 1.82) is 0 Å². The van der Waals surface area contributed by atoms with Gasteiger partial charge in [0.1, 0.15) is 5.75 Å². The van der Waals surface area contributed by atoms with Crippen molar-refractivity contribution < 1.29 is 14.7 Å². The summed E-state index contributed by atoms with van der Waals surface area (Å²) < 4.78 is 0. The van der Waals surface area contributed by atoms with E-state index in [0.29, 0.717) is 9.93 Å². The highest BCUT2D eigenvalue weighted by molar-refractivity contribution is 8.18. The number of benzene rings is 2. The first-order valence-electron chi connectivity index (χ1n) is 10.1. The van der Waals surface area contributed by atoms with Crippen LogP contribution in [0.25, 0.3) is 6.08 Å². The number of phenols is 1. The Hall–Kier alpha value is -2.24. The van der Waals surface area contributed by atoms with E-state index in [-0.39, 0.29) is 34.3 Å². The van der Waals surface area contributed by atoms with Crippen LogP contribution in [0.1, 0.15) is 63.8 Å². The fourth-order valence-corrected chi connectivity index (χ4v) is 4.41. The van der Waals surface area contributed by atoms with Gasteiger partial charge in [0, 0.05) is 16.1 Å². The number of imide groups is 1. The molecule has 0 aliphatic carbocycles. The second kappa shape index (κ2) is 8.36. The Labute approximate surface area is 193 Å². The Kier molecular flexibility index (Phi) is 6.32. The molecule has 164 valence electrons. The topological polar surface area (TPSA) is 57.6 Å². The Balaban J connectivity index is 1.98. The molecule has 1 aliphatic heterocycles. The molecule has 0 radical (unpaired) electrons. The molecule has 2 aromatic rings. The lowest BCUT2D eigenvalue weighted by Crippen LogP contribution is -2.27. The molecule has 4 nitrogen and oxygen atoms in total. The van der Waals surface area contributed by atoms with Gasteiger partial charge >= 0.3 is 0 Å². The number of hydrogen-bond acceptors (Lipinski definition) is 4. The van der Waals surface area contributed by atoms with Crippen LogP contribution in [0.3, 0.4) is 0 Å². The van der Waals surface area contributed by atoms with E-state index in [9.17, 15) is 14.7 Å². The van der Waals surface area contributed by atoms with E-state index < -0.39 is 0 Å². The Morgan fingerprint density at radius 3 is 1.97 bits per heavy atom. The maximum Gasteiger partial charge on any atom is 0.293 e. The van der Waals surface area contributed by atoms with E-state index in [1.165, 1.54) is 4.90 Å². The van der Waals surface area contributed by atoms with Crippen LogP contribution in [0.15, 0.2) is 41.3 Å². The number of thioether (sulfide) groups is 1. The SMILES string of the molecule is CC(C)(C)c1cc(/C=C2/SC(=O)N(Cc3ccc(Cl)cc3)C2=O)cc(C(C)(C)C)c1O. The number of carbonyl (C=O) groups excluding carboxylic acids is 2. The summed E-state index contributed by atoms with van der Waals surface area (Å²) in [4.78, 5) is 27.1. The standard InChI is InChI=1S/C25H28ClNO3S/c1-24(2,3)18-11-16(12-19(21(18)28)25(4,5)6)13-20-22(29)27(23(30)31-20)14-15-7-9-17(26)10-8-15/h7-13,28H,14H2,1-6H3/b20-13+. The van der Waals surface area contributed by atoms with Crippen LogP contribution < -0.4 is 0 Å². The number of nitrogens with zero attached hydrogens (tertiary/aromatic N) is 1. The summed E-state index contributed by atoms with van der Waals surface area (Å²) in [6.45, 7) is 12.4. The van der Waals surface area contributed by atoms with E-state index in [4.69, 9.17) is 11.6 Å². The van der Waals surface area contributed by atoms with E-state index in [1.807, 2.05) is 53.7 Å². The van der Waals surface area contributed by atoms with Gasteiger partial charge in [-0.05, 0) is 64.1 Å². The molecule has 0 saturated carbocycles. The van der Waals surface area contributed by atoms with Gasteiger partial charge in [-0.25, -0.2) is 0 Å². The monoisotopic (exact) mass is 457 g/mol. The van der Waals surface area contributed by atoms with Crippen LogP contribution in [0, 0.1) is 0 Å². The van der Waals surface area contributed by atoms with Crippen LogP contribution in [-0.2, 0) is 22.2 Å². The van der Waals surface area contributed by atoms with Gasteiger partial charge in [0.05, 0.1) is 11.4 Å². The Morgan fingerprint density at radius 1 is 0.968 bits per heavy atom. The summed E-state index contributed by atoms with van der Waals surface area (Å²) in [6.07, 6.45) is 1.75. The van der Waals surface area contributed by atoms with Crippen molar-refractivity contribution in [3.05, 3.63) is 68.6 Å². The minimum Gasteiger partial charge on any atom is -0.507 e. The third kappa shape index (κ3) is 5.16. The first-order valence-corrected chi connectivity index (χ1v) is 11.3. The molecule has 1 aliphatic rings. The molecule has 2 aromatic carbocycles. The highest BCUT2D eigenvalue weighted by atomic mass is 35.5. The summed E-state index contributed by atoms with van der Waals surface area (Å²) in [5.41, 5.74) is 2.70. The predicted octanol–water partition coefficient (Wildman–Crippen LogP) is 6.88. The minimum atomic E-state index is -0.312. The number of halogens is 1. The van der Waals surface area contributed by atoms with Crippen LogP contribution in [0.5, 0.6) is 5.75 Å². The smallest absolute Gasteiger partial charge is 0.293 e. The summed E-state index contributed by atoms with van der Waals surface area (Å²) >= 11 is 6.86. The van der Waals surface area contributed by atoms with Crippen molar-refractivity contribution in [2.24, 2.45) is 0 Å². The lowest BCUT2D eigenvalue weighted by atomic mass is 9.78. The molecule has 1 N–H and O–H groups in total. The summed E-state index contributed by atoms with van der Waals surface area (Å²) in [6, 6.07) is 10.9. The zero-order valence-electron chi connectivity index (χ0n) is 18.7. The summed E-state index contributed by atoms with van der Waals surface area (Å²) in [7, 11) is 0. The molecule has 0 atom stereocenters. The fraction of sp³-hybridized carbons (Fsp3) is 0.360. The maximum atomic E-state index is 13.0.